The summed E-state index contributed by atoms with van der Waals surface area (Å²) in [6.07, 6.45) is 0. The Morgan fingerprint density at radius 1 is 1.19 bits per heavy atom. The number of hydrogen-bond donors (Lipinski definition) is 1. The van der Waals surface area contributed by atoms with Gasteiger partial charge in [0.15, 0.2) is 0 Å². The Morgan fingerprint density at radius 2 is 1.90 bits per heavy atom. The third-order valence-corrected chi connectivity index (χ3v) is 4.13. The molecule has 0 aliphatic heterocycles. The predicted octanol–water partition coefficient (Wildman–Crippen LogP) is 4.92. The van der Waals surface area contributed by atoms with Gasteiger partial charge in [-0.15, -0.1) is 0 Å². The first-order valence-electron chi connectivity index (χ1n) is 5.59. The lowest BCUT2D eigenvalue weighted by atomic mass is 10.1. The maximum Gasteiger partial charge on any atom is 0.300 e. The number of halogens is 3. The number of benzene rings is 2. The van der Waals surface area contributed by atoms with Crippen LogP contribution in [-0.4, -0.2) is 10.8 Å². The maximum absolute atomic E-state index is 12.2. The second-order valence-electron chi connectivity index (χ2n) is 3.98. The highest BCUT2D eigenvalue weighted by Gasteiger charge is 2.23. The molecule has 0 radical (unpaired) electrons. The van der Waals surface area contributed by atoms with Crippen molar-refractivity contribution in [1.82, 2.24) is 0 Å². The summed E-state index contributed by atoms with van der Waals surface area (Å²) in [5.41, 5.74) is -0.131. The van der Waals surface area contributed by atoms with Crippen molar-refractivity contribution in [1.29, 1.82) is 0 Å². The van der Waals surface area contributed by atoms with Crippen molar-refractivity contribution in [2.75, 3.05) is 5.32 Å². The van der Waals surface area contributed by atoms with Gasteiger partial charge >= 0.3 is 5.69 Å². The van der Waals surface area contributed by atoms with Crippen LogP contribution in [0, 0.1) is 10.1 Å². The summed E-state index contributed by atoms with van der Waals surface area (Å²) in [6.45, 7) is 0. The standard InChI is InChI=1S/C13H7BrCl2N2O3/c14-9-5-4-7(6-11(9)16)17-13(19)8-2-1-3-10(15)12(8)18(20)21/h1-6H,(H,17,19). The zero-order valence-electron chi connectivity index (χ0n) is 10.3. The number of nitro benzene ring substituents is 1. The van der Waals surface area contributed by atoms with E-state index in [0.717, 1.165) is 0 Å². The average molecular weight is 390 g/mol. The van der Waals surface area contributed by atoms with Crippen LogP contribution in [0.1, 0.15) is 10.4 Å². The number of carbonyl (C=O) groups is 1. The molecule has 0 aromatic heterocycles. The first-order chi connectivity index (χ1) is 9.90. The van der Waals surface area contributed by atoms with Crippen molar-refractivity contribution in [2.45, 2.75) is 0 Å². The van der Waals surface area contributed by atoms with E-state index < -0.39 is 16.5 Å². The molecule has 0 unspecified atom stereocenters. The zero-order chi connectivity index (χ0) is 15.6. The van der Waals surface area contributed by atoms with E-state index in [2.05, 4.69) is 21.2 Å². The molecular formula is C13H7BrCl2N2O3. The number of nitrogens with zero attached hydrogens (tertiary/aromatic N) is 1. The van der Waals surface area contributed by atoms with E-state index in [0.29, 0.717) is 15.2 Å². The molecule has 0 spiro atoms. The van der Waals surface area contributed by atoms with E-state index in [1.807, 2.05) is 0 Å². The minimum Gasteiger partial charge on any atom is -0.322 e. The normalized spacial score (nSPS) is 10.2. The molecule has 0 heterocycles. The number of hydrogen-bond acceptors (Lipinski definition) is 3. The lowest BCUT2D eigenvalue weighted by molar-refractivity contribution is -0.385. The summed E-state index contributed by atoms with van der Waals surface area (Å²) in [5, 5.41) is 13.9. The van der Waals surface area contributed by atoms with E-state index >= 15 is 0 Å². The van der Waals surface area contributed by atoms with Gasteiger partial charge in [-0.25, -0.2) is 0 Å². The molecule has 0 atom stereocenters. The van der Waals surface area contributed by atoms with Crippen molar-refractivity contribution < 1.29 is 9.72 Å². The lowest BCUT2D eigenvalue weighted by Gasteiger charge is -2.07. The molecule has 0 fully saturated rings. The maximum atomic E-state index is 12.2. The number of carbonyl (C=O) groups excluding carboxylic acids is 1. The molecule has 2 aromatic carbocycles. The van der Waals surface area contributed by atoms with Crippen LogP contribution in [0.3, 0.4) is 0 Å². The highest BCUT2D eigenvalue weighted by molar-refractivity contribution is 9.10. The Morgan fingerprint density at radius 3 is 2.52 bits per heavy atom. The number of para-hydroxylation sites is 1. The van der Waals surface area contributed by atoms with Gasteiger partial charge in [-0.3, -0.25) is 14.9 Å². The Labute approximate surface area is 138 Å². The van der Waals surface area contributed by atoms with Crippen LogP contribution in [-0.2, 0) is 0 Å². The molecule has 0 aliphatic rings. The van der Waals surface area contributed by atoms with Crippen molar-refractivity contribution >= 4 is 56.4 Å². The Bertz CT molecular complexity index is 737. The van der Waals surface area contributed by atoms with E-state index in [1.165, 1.54) is 24.3 Å². The highest BCUT2D eigenvalue weighted by Crippen LogP contribution is 2.30. The molecule has 108 valence electrons. The molecule has 21 heavy (non-hydrogen) atoms. The van der Waals surface area contributed by atoms with Gasteiger partial charge in [0.1, 0.15) is 10.6 Å². The van der Waals surface area contributed by atoms with Gasteiger partial charge in [-0.2, -0.15) is 0 Å². The molecular weight excluding hydrogens is 383 g/mol. The summed E-state index contributed by atoms with van der Waals surface area (Å²) in [6, 6.07) is 8.96. The minimum absolute atomic E-state index is 0.0958. The SMILES string of the molecule is O=C(Nc1ccc(Br)c(Cl)c1)c1cccc(Cl)c1[N+](=O)[O-]. The molecule has 0 bridgehead atoms. The fourth-order valence-corrected chi connectivity index (χ4v) is 2.33. The molecule has 0 aliphatic carbocycles. The van der Waals surface area contributed by atoms with Gasteiger partial charge in [0.25, 0.3) is 5.91 Å². The number of nitro groups is 1. The average Bonchev–Trinajstić information content (AvgIpc) is 2.42. The number of nitrogens with one attached hydrogen (secondary N) is 1. The van der Waals surface area contributed by atoms with Gasteiger partial charge in [0, 0.05) is 10.2 Å². The van der Waals surface area contributed by atoms with Gasteiger partial charge in [0.2, 0.25) is 0 Å². The zero-order valence-corrected chi connectivity index (χ0v) is 13.4. The molecule has 8 heteroatoms. The molecule has 2 rings (SSSR count). The van der Waals surface area contributed by atoms with Crippen LogP contribution < -0.4 is 5.32 Å². The van der Waals surface area contributed by atoms with Crippen LogP contribution in [0.25, 0.3) is 0 Å². The van der Waals surface area contributed by atoms with Crippen LogP contribution in [0.15, 0.2) is 40.9 Å². The van der Waals surface area contributed by atoms with Crippen LogP contribution >= 0.6 is 39.1 Å². The fraction of sp³-hybridized carbons (Fsp3) is 0. The first-order valence-corrected chi connectivity index (χ1v) is 7.14. The van der Waals surface area contributed by atoms with E-state index in [4.69, 9.17) is 23.2 Å². The molecule has 1 amide bonds. The van der Waals surface area contributed by atoms with Gasteiger partial charge < -0.3 is 5.32 Å². The second-order valence-corrected chi connectivity index (χ2v) is 5.64. The Balaban J connectivity index is 2.35. The molecule has 0 saturated carbocycles. The minimum atomic E-state index is -0.689. The fourth-order valence-electron chi connectivity index (χ4n) is 1.66. The second kappa shape index (κ2) is 6.43. The Kier molecular flexibility index (Phi) is 4.82. The summed E-state index contributed by atoms with van der Waals surface area (Å²) < 4.78 is 0.677. The first kappa shape index (κ1) is 15.8. The van der Waals surface area contributed by atoms with Crippen LogP contribution in [0.4, 0.5) is 11.4 Å². The predicted molar refractivity (Wildman–Crippen MR) is 85.2 cm³/mol. The molecule has 5 nitrogen and oxygen atoms in total. The number of anilines is 1. The number of amides is 1. The summed E-state index contributed by atoms with van der Waals surface area (Å²) in [7, 11) is 0. The van der Waals surface area contributed by atoms with Gasteiger partial charge in [0.05, 0.1) is 9.95 Å². The smallest absolute Gasteiger partial charge is 0.300 e. The van der Waals surface area contributed by atoms with Gasteiger partial charge in [-0.1, -0.05) is 29.3 Å². The quantitative estimate of drug-likeness (QED) is 0.598. The lowest BCUT2D eigenvalue weighted by Crippen LogP contribution is -2.14. The van der Waals surface area contributed by atoms with Gasteiger partial charge in [-0.05, 0) is 46.3 Å². The third kappa shape index (κ3) is 3.53. The molecule has 1 N–H and O–H groups in total. The summed E-state index contributed by atoms with van der Waals surface area (Å²) >= 11 is 14.9. The van der Waals surface area contributed by atoms with E-state index in [1.54, 1.807) is 12.1 Å². The topological polar surface area (TPSA) is 72.2 Å². The van der Waals surface area contributed by atoms with Crippen molar-refractivity contribution in [3.63, 3.8) is 0 Å². The largest absolute Gasteiger partial charge is 0.322 e. The van der Waals surface area contributed by atoms with E-state index in [9.17, 15) is 14.9 Å². The monoisotopic (exact) mass is 388 g/mol. The summed E-state index contributed by atoms with van der Waals surface area (Å²) in [5.74, 6) is -0.636. The third-order valence-electron chi connectivity index (χ3n) is 2.59. The number of rotatable bonds is 3. The Hall–Kier alpha value is -1.63. The van der Waals surface area contributed by atoms with E-state index in [-0.39, 0.29) is 10.6 Å². The highest BCUT2D eigenvalue weighted by atomic mass is 79.9. The van der Waals surface area contributed by atoms with Crippen LogP contribution in [0.5, 0.6) is 0 Å². The summed E-state index contributed by atoms with van der Waals surface area (Å²) in [4.78, 5) is 22.5. The van der Waals surface area contributed by atoms with Crippen LogP contribution in [0.2, 0.25) is 10.0 Å². The van der Waals surface area contributed by atoms with Crippen molar-refractivity contribution in [2.24, 2.45) is 0 Å². The van der Waals surface area contributed by atoms with Crippen molar-refractivity contribution in [3.05, 3.63) is 66.6 Å². The molecule has 0 saturated heterocycles. The molecule has 2 aromatic rings. The van der Waals surface area contributed by atoms with Crippen molar-refractivity contribution in [3.8, 4) is 0 Å².